The minimum absolute atomic E-state index is 0.297. The summed E-state index contributed by atoms with van der Waals surface area (Å²) in [5, 5.41) is 0.631. The number of rotatable bonds is 3. The van der Waals surface area contributed by atoms with Gasteiger partial charge in [0.25, 0.3) is 10.0 Å². The predicted octanol–water partition coefficient (Wildman–Crippen LogP) is 4.73. The minimum atomic E-state index is -3.60. The maximum atomic E-state index is 13.1. The molecule has 3 rings (SSSR count). The van der Waals surface area contributed by atoms with Crippen molar-refractivity contribution in [1.82, 2.24) is 3.71 Å². The first-order valence-electron chi connectivity index (χ1n) is 7.79. The van der Waals surface area contributed by atoms with Crippen LogP contribution < -0.4 is 0 Å². The van der Waals surface area contributed by atoms with Crippen LogP contribution in [0.4, 0.5) is 5.69 Å². The highest BCUT2D eigenvalue weighted by atomic mass is 35.5. The number of nitrogens with zero attached hydrogens (tertiary/aromatic N) is 2. The van der Waals surface area contributed by atoms with Crippen molar-refractivity contribution in [3.63, 3.8) is 0 Å². The van der Waals surface area contributed by atoms with E-state index in [1.54, 1.807) is 36.4 Å². The van der Waals surface area contributed by atoms with E-state index in [4.69, 9.17) is 16.0 Å². The summed E-state index contributed by atoms with van der Waals surface area (Å²) in [6, 6.07) is 15.7. The normalized spacial score (nSPS) is 19.4. The highest BCUT2D eigenvalue weighted by Crippen LogP contribution is 2.28. The Hall–Kier alpha value is -1.47. The van der Waals surface area contributed by atoms with Crippen LogP contribution in [-0.4, -0.2) is 24.4 Å². The van der Waals surface area contributed by atoms with Crippen molar-refractivity contribution in [1.29, 1.82) is 0 Å². The Morgan fingerprint density at radius 3 is 2.28 bits per heavy atom. The summed E-state index contributed by atoms with van der Waals surface area (Å²) in [5.41, 5.74) is 3.00. The molecule has 0 bridgehead atoms. The van der Waals surface area contributed by atoms with Crippen molar-refractivity contribution in [2.24, 2.45) is 4.36 Å². The van der Waals surface area contributed by atoms with Crippen LogP contribution in [0.5, 0.6) is 0 Å². The van der Waals surface area contributed by atoms with E-state index in [0.717, 1.165) is 11.3 Å². The molecule has 1 heterocycles. The Morgan fingerprint density at radius 2 is 1.64 bits per heavy atom. The van der Waals surface area contributed by atoms with Gasteiger partial charge < -0.3 is 0 Å². The van der Waals surface area contributed by atoms with Crippen molar-refractivity contribution < 1.29 is 8.42 Å². The molecule has 0 N–H and O–H groups in total. The van der Waals surface area contributed by atoms with Crippen molar-refractivity contribution in [3.8, 4) is 0 Å². The van der Waals surface area contributed by atoms with Gasteiger partial charge in [0, 0.05) is 17.3 Å². The van der Waals surface area contributed by atoms with Crippen LogP contribution in [0.1, 0.15) is 13.8 Å². The predicted molar refractivity (Wildman–Crippen MR) is 104 cm³/mol. The lowest BCUT2D eigenvalue weighted by molar-refractivity contribution is 0.548. The molecule has 0 radical (unpaired) electrons. The summed E-state index contributed by atoms with van der Waals surface area (Å²) in [5.74, 6) is 0.612. The number of halogens is 1. The molecule has 0 spiro atoms. The maximum Gasteiger partial charge on any atom is 0.253 e. The van der Waals surface area contributed by atoms with Crippen molar-refractivity contribution in [2.75, 3.05) is 12.3 Å². The van der Waals surface area contributed by atoms with Gasteiger partial charge in [-0.3, -0.25) is 0 Å². The van der Waals surface area contributed by atoms with Crippen LogP contribution in [0, 0.1) is 0 Å². The lowest BCUT2D eigenvalue weighted by Crippen LogP contribution is -2.38. The zero-order valence-corrected chi connectivity index (χ0v) is 16.4. The van der Waals surface area contributed by atoms with Gasteiger partial charge in [-0.25, -0.2) is 12.8 Å². The fraction of sp³-hybridized carbons (Fsp3) is 0.222. The molecule has 7 heteroatoms. The first kappa shape index (κ1) is 18.3. The van der Waals surface area contributed by atoms with Gasteiger partial charge in [0.05, 0.1) is 10.6 Å². The van der Waals surface area contributed by atoms with Crippen LogP contribution in [0.15, 0.2) is 75.0 Å². The smallest absolute Gasteiger partial charge is 0.212 e. The molecule has 2 aromatic rings. The Kier molecular flexibility index (Phi) is 5.43. The third-order valence-corrected chi connectivity index (χ3v) is 8.62. The van der Waals surface area contributed by atoms with Gasteiger partial charge in [-0.1, -0.05) is 40.9 Å². The molecule has 1 aliphatic heterocycles. The highest BCUT2D eigenvalue weighted by molar-refractivity contribution is 8.02. The molecule has 0 aliphatic carbocycles. The van der Waals surface area contributed by atoms with Crippen LogP contribution in [0.25, 0.3) is 0 Å². The van der Waals surface area contributed by atoms with E-state index in [-0.39, 0.29) is 0 Å². The van der Waals surface area contributed by atoms with Gasteiger partial charge in [-0.15, -0.1) is 3.71 Å². The quantitative estimate of drug-likeness (QED) is 0.706. The lowest BCUT2D eigenvalue weighted by atomic mass is 10.2. The summed E-state index contributed by atoms with van der Waals surface area (Å²) < 4.78 is 32.5. The molecule has 25 heavy (non-hydrogen) atoms. The highest BCUT2D eigenvalue weighted by Gasteiger charge is 2.31. The van der Waals surface area contributed by atoms with Gasteiger partial charge in [0.2, 0.25) is 0 Å². The molecule has 1 aliphatic rings. The van der Waals surface area contributed by atoms with E-state index in [0.29, 0.717) is 22.2 Å². The molecule has 1 atom stereocenters. The van der Waals surface area contributed by atoms with E-state index in [1.165, 1.54) is 9.28 Å². The van der Waals surface area contributed by atoms with Gasteiger partial charge in [0.15, 0.2) is 0 Å². The average Bonchev–Trinajstić information content (AvgIpc) is 2.60. The molecular weight excluding hydrogens is 376 g/mol. The van der Waals surface area contributed by atoms with Crippen LogP contribution in [-0.2, 0) is 20.9 Å². The topological polar surface area (TPSA) is 49.7 Å². The Labute approximate surface area is 156 Å². The SMILES string of the molecule is CC1=C(C)C[S@](=Nc2ccc(Cl)cc2)N(S(=O)(=O)c2ccccc2)C1. The fourth-order valence-corrected chi connectivity index (χ4v) is 6.69. The van der Waals surface area contributed by atoms with E-state index in [2.05, 4.69) is 0 Å². The second kappa shape index (κ2) is 7.41. The Bertz CT molecular complexity index is 937. The van der Waals surface area contributed by atoms with Crippen LogP contribution >= 0.6 is 11.6 Å². The summed E-state index contributed by atoms with van der Waals surface area (Å²) in [6.07, 6.45) is 0. The van der Waals surface area contributed by atoms with Crippen molar-refractivity contribution >= 4 is 38.2 Å². The average molecular weight is 395 g/mol. The summed E-state index contributed by atoms with van der Waals surface area (Å²) in [7, 11) is -4.40. The number of sulfonamides is 1. The molecule has 0 saturated carbocycles. The minimum Gasteiger partial charge on any atom is -0.212 e. The molecule has 132 valence electrons. The zero-order chi connectivity index (χ0) is 18.0. The molecule has 0 amide bonds. The van der Waals surface area contributed by atoms with Crippen LogP contribution in [0.3, 0.4) is 0 Å². The third kappa shape index (κ3) is 4.03. The Morgan fingerprint density at radius 1 is 1.00 bits per heavy atom. The van der Waals surface area contributed by atoms with E-state index < -0.39 is 20.9 Å². The van der Waals surface area contributed by atoms with Crippen molar-refractivity contribution in [3.05, 3.63) is 70.8 Å². The molecule has 0 aromatic heterocycles. The molecular formula is C18H19ClN2O2S2. The third-order valence-electron chi connectivity index (χ3n) is 4.02. The van der Waals surface area contributed by atoms with Crippen molar-refractivity contribution in [2.45, 2.75) is 18.7 Å². The number of benzene rings is 2. The van der Waals surface area contributed by atoms with E-state index in [9.17, 15) is 8.42 Å². The first-order chi connectivity index (χ1) is 11.9. The van der Waals surface area contributed by atoms with Crippen LogP contribution in [0.2, 0.25) is 5.02 Å². The largest absolute Gasteiger partial charge is 0.253 e. The van der Waals surface area contributed by atoms with Gasteiger partial charge in [-0.2, -0.15) is 0 Å². The van der Waals surface area contributed by atoms with E-state index >= 15 is 0 Å². The first-order valence-corrected chi connectivity index (χ1v) is 10.9. The standard InChI is InChI=1S/C18H19ClN2O2S2/c1-14-12-21(25(22,23)18-6-4-3-5-7-18)24(13-15(14)2)20-17-10-8-16(19)9-11-17/h3-11H,12-13H2,1-2H3/t24-/m1/s1. The maximum absolute atomic E-state index is 13.1. The molecule has 0 fully saturated rings. The molecule has 0 saturated heterocycles. The fourth-order valence-electron chi connectivity index (χ4n) is 2.40. The number of hydrogen-bond donors (Lipinski definition) is 0. The summed E-state index contributed by atoms with van der Waals surface area (Å²) in [4.78, 5) is 0.297. The van der Waals surface area contributed by atoms with Gasteiger partial charge >= 0.3 is 0 Å². The Balaban J connectivity index is 2.07. The molecule has 2 aromatic carbocycles. The second-order valence-corrected chi connectivity index (χ2v) is 10.0. The summed E-state index contributed by atoms with van der Waals surface area (Å²) >= 11 is 5.92. The molecule has 0 unspecified atom stereocenters. The zero-order valence-electron chi connectivity index (χ0n) is 14.0. The lowest BCUT2D eigenvalue weighted by Gasteiger charge is -2.30. The second-order valence-electron chi connectivity index (χ2n) is 5.89. The summed E-state index contributed by atoms with van der Waals surface area (Å²) in [6.45, 7) is 4.38. The monoisotopic (exact) mass is 394 g/mol. The van der Waals surface area contributed by atoms with Gasteiger partial charge in [0.1, 0.15) is 0 Å². The number of hydrogen-bond acceptors (Lipinski definition) is 3. The molecule has 4 nitrogen and oxygen atoms in total. The van der Waals surface area contributed by atoms with E-state index in [1.807, 2.05) is 32.0 Å². The van der Waals surface area contributed by atoms with Gasteiger partial charge in [-0.05, 0) is 61.1 Å².